The van der Waals surface area contributed by atoms with Crippen molar-refractivity contribution in [2.75, 3.05) is 5.75 Å². The van der Waals surface area contributed by atoms with Crippen LogP contribution in [0.2, 0.25) is 5.02 Å². The highest BCUT2D eigenvalue weighted by molar-refractivity contribution is 7.91. The molecule has 0 saturated heterocycles. The van der Waals surface area contributed by atoms with Crippen LogP contribution in [-0.2, 0) is 20.4 Å². The third-order valence-electron chi connectivity index (χ3n) is 4.82. The molecule has 2 atom stereocenters. The molecule has 1 fully saturated rings. The second-order valence-corrected chi connectivity index (χ2v) is 9.62. The van der Waals surface area contributed by atoms with Crippen molar-refractivity contribution < 1.29 is 17.6 Å². The average molecular weight is 411 g/mol. The number of rotatable bonds is 6. The summed E-state index contributed by atoms with van der Waals surface area (Å²) in [6.45, 7) is 2.09. The van der Waals surface area contributed by atoms with E-state index < -0.39 is 21.5 Å². The minimum Gasteiger partial charge on any atom is -0.444 e. The summed E-state index contributed by atoms with van der Waals surface area (Å²) >= 11 is 5.85. The van der Waals surface area contributed by atoms with Crippen LogP contribution in [0.5, 0.6) is 0 Å². The highest BCUT2D eigenvalue weighted by Crippen LogP contribution is 2.24. The van der Waals surface area contributed by atoms with E-state index in [4.69, 9.17) is 16.0 Å². The van der Waals surface area contributed by atoms with Crippen LogP contribution in [0.1, 0.15) is 38.3 Å². The van der Waals surface area contributed by atoms with Crippen LogP contribution < -0.4 is 5.32 Å². The van der Waals surface area contributed by atoms with E-state index in [1.54, 1.807) is 24.3 Å². The summed E-state index contributed by atoms with van der Waals surface area (Å²) in [7, 11) is -3.63. The minimum absolute atomic E-state index is 0.0602. The molecule has 6 nitrogen and oxygen atoms in total. The molecule has 1 aromatic heterocycles. The van der Waals surface area contributed by atoms with Crippen LogP contribution in [0.25, 0.3) is 11.5 Å². The van der Waals surface area contributed by atoms with Crippen molar-refractivity contribution in [3.8, 4) is 11.5 Å². The maximum atomic E-state index is 12.4. The largest absolute Gasteiger partial charge is 0.444 e. The van der Waals surface area contributed by atoms with E-state index in [1.165, 1.54) is 6.26 Å². The predicted octanol–water partition coefficient (Wildman–Crippen LogP) is 3.60. The van der Waals surface area contributed by atoms with Crippen LogP contribution in [0.3, 0.4) is 0 Å². The number of halogens is 1. The molecular formula is C19H23ClN2O4S. The zero-order valence-electron chi connectivity index (χ0n) is 15.2. The monoisotopic (exact) mass is 410 g/mol. The van der Waals surface area contributed by atoms with Crippen LogP contribution in [0.4, 0.5) is 0 Å². The fourth-order valence-corrected chi connectivity index (χ4v) is 4.65. The van der Waals surface area contributed by atoms with Gasteiger partial charge in [-0.25, -0.2) is 13.4 Å². The minimum atomic E-state index is -3.63. The molecule has 0 unspecified atom stereocenters. The first-order valence-electron chi connectivity index (χ1n) is 9.02. The summed E-state index contributed by atoms with van der Waals surface area (Å²) in [6.07, 6.45) is 5.50. The molecule has 146 valence electrons. The summed E-state index contributed by atoms with van der Waals surface area (Å²) in [5.41, 5.74) is 0.978. The Balaban J connectivity index is 1.59. The molecule has 8 heteroatoms. The van der Waals surface area contributed by atoms with E-state index in [0.717, 1.165) is 25.7 Å². The van der Waals surface area contributed by atoms with Gasteiger partial charge >= 0.3 is 0 Å². The van der Waals surface area contributed by atoms with Gasteiger partial charge in [-0.15, -0.1) is 0 Å². The zero-order chi connectivity index (χ0) is 19.4. The SMILES string of the molecule is C[C@H]1CCCC[C@H]1NC(=O)CS(=O)(=O)Cc1coc(-c2ccc(Cl)cc2)n1. The molecule has 1 amide bonds. The first-order chi connectivity index (χ1) is 12.8. The van der Waals surface area contributed by atoms with Crippen LogP contribution >= 0.6 is 11.6 Å². The molecule has 0 aliphatic heterocycles. The Kier molecular flexibility index (Phi) is 6.22. The summed E-state index contributed by atoms with van der Waals surface area (Å²) in [6, 6.07) is 6.95. The van der Waals surface area contributed by atoms with Crippen molar-refractivity contribution in [3.63, 3.8) is 0 Å². The maximum absolute atomic E-state index is 12.4. The first-order valence-corrected chi connectivity index (χ1v) is 11.2. The first kappa shape index (κ1) is 19.9. The molecule has 1 heterocycles. The van der Waals surface area contributed by atoms with Gasteiger partial charge in [0.15, 0.2) is 9.84 Å². The second-order valence-electron chi connectivity index (χ2n) is 7.12. The Morgan fingerprint density at radius 2 is 1.96 bits per heavy atom. The molecule has 1 aromatic carbocycles. The predicted molar refractivity (Wildman–Crippen MR) is 104 cm³/mol. The molecule has 2 aromatic rings. The van der Waals surface area contributed by atoms with Gasteiger partial charge in [0.1, 0.15) is 12.0 Å². The number of carbonyl (C=O) groups is 1. The lowest BCUT2D eigenvalue weighted by molar-refractivity contribution is -0.119. The van der Waals surface area contributed by atoms with Gasteiger partial charge in [0.25, 0.3) is 0 Å². The Hall–Kier alpha value is -1.86. The lowest BCUT2D eigenvalue weighted by Gasteiger charge is -2.29. The number of hydrogen-bond donors (Lipinski definition) is 1. The summed E-state index contributed by atoms with van der Waals surface area (Å²) in [5, 5.41) is 3.46. The normalized spacial score (nSPS) is 20.4. The molecule has 0 spiro atoms. The number of aromatic nitrogens is 1. The third kappa shape index (κ3) is 5.56. The van der Waals surface area contributed by atoms with Gasteiger partial charge in [-0.05, 0) is 43.0 Å². The number of oxazole rings is 1. The number of nitrogens with zero attached hydrogens (tertiary/aromatic N) is 1. The molecule has 1 saturated carbocycles. The molecule has 1 N–H and O–H groups in total. The molecule has 0 radical (unpaired) electrons. The van der Waals surface area contributed by atoms with Crippen LogP contribution in [0.15, 0.2) is 34.9 Å². The molecular weight excluding hydrogens is 388 g/mol. The molecule has 1 aliphatic rings. The number of sulfone groups is 1. The number of nitrogens with one attached hydrogen (secondary N) is 1. The average Bonchev–Trinajstić information content (AvgIpc) is 3.04. The number of amides is 1. The molecule has 27 heavy (non-hydrogen) atoms. The summed E-state index contributed by atoms with van der Waals surface area (Å²) in [4.78, 5) is 16.4. The Bertz CT molecular complexity index is 893. The third-order valence-corrected chi connectivity index (χ3v) is 6.51. The lowest BCUT2D eigenvalue weighted by Crippen LogP contribution is -2.43. The Morgan fingerprint density at radius 3 is 2.67 bits per heavy atom. The van der Waals surface area contributed by atoms with Crippen molar-refractivity contribution in [3.05, 3.63) is 41.2 Å². The van der Waals surface area contributed by atoms with E-state index in [0.29, 0.717) is 22.4 Å². The molecule has 0 bridgehead atoms. The number of hydrogen-bond acceptors (Lipinski definition) is 5. The van der Waals surface area contributed by atoms with E-state index in [-0.39, 0.29) is 17.5 Å². The Labute approximate surface area is 164 Å². The second kappa shape index (κ2) is 8.44. The standard InChI is InChI=1S/C19H23ClN2O4S/c1-13-4-2-3-5-17(13)22-18(23)12-27(24,25)11-16-10-26-19(21-16)14-6-8-15(20)9-7-14/h6-10,13,17H,2-5,11-12H2,1H3,(H,22,23)/t13-,17+/m0/s1. The number of benzene rings is 1. The van der Waals surface area contributed by atoms with Crippen molar-refractivity contribution in [2.24, 2.45) is 5.92 Å². The van der Waals surface area contributed by atoms with Gasteiger partial charge in [-0.2, -0.15) is 0 Å². The van der Waals surface area contributed by atoms with E-state index >= 15 is 0 Å². The van der Waals surface area contributed by atoms with Gasteiger partial charge in [0.2, 0.25) is 11.8 Å². The molecule has 1 aliphatic carbocycles. The van der Waals surface area contributed by atoms with E-state index in [2.05, 4.69) is 17.2 Å². The quantitative estimate of drug-likeness (QED) is 0.785. The summed E-state index contributed by atoms with van der Waals surface area (Å²) in [5.74, 6) is -0.632. The fourth-order valence-electron chi connectivity index (χ4n) is 3.35. The topological polar surface area (TPSA) is 89.3 Å². The van der Waals surface area contributed by atoms with Gasteiger partial charge in [0.05, 0.1) is 11.4 Å². The van der Waals surface area contributed by atoms with Gasteiger partial charge < -0.3 is 9.73 Å². The Morgan fingerprint density at radius 1 is 1.26 bits per heavy atom. The highest BCUT2D eigenvalue weighted by Gasteiger charge is 2.26. The van der Waals surface area contributed by atoms with E-state index in [9.17, 15) is 13.2 Å². The van der Waals surface area contributed by atoms with Gasteiger partial charge in [0, 0.05) is 16.6 Å². The zero-order valence-corrected chi connectivity index (χ0v) is 16.7. The van der Waals surface area contributed by atoms with E-state index in [1.807, 2.05) is 0 Å². The van der Waals surface area contributed by atoms with Crippen molar-refractivity contribution in [2.45, 2.75) is 44.4 Å². The fraction of sp³-hybridized carbons (Fsp3) is 0.474. The van der Waals surface area contributed by atoms with Crippen LogP contribution in [0, 0.1) is 5.92 Å². The maximum Gasteiger partial charge on any atom is 0.235 e. The molecule has 3 rings (SSSR count). The number of carbonyl (C=O) groups excluding carboxylic acids is 1. The highest BCUT2D eigenvalue weighted by atomic mass is 35.5. The summed E-state index contributed by atoms with van der Waals surface area (Å²) < 4.78 is 30.1. The lowest BCUT2D eigenvalue weighted by atomic mass is 9.86. The smallest absolute Gasteiger partial charge is 0.235 e. The van der Waals surface area contributed by atoms with Crippen LogP contribution in [-0.4, -0.2) is 31.1 Å². The van der Waals surface area contributed by atoms with Gasteiger partial charge in [-0.1, -0.05) is 31.4 Å². The van der Waals surface area contributed by atoms with Crippen molar-refractivity contribution in [1.29, 1.82) is 0 Å². The van der Waals surface area contributed by atoms with Crippen molar-refractivity contribution in [1.82, 2.24) is 10.3 Å². The van der Waals surface area contributed by atoms with Gasteiger partial charge in [-0.3, -0.25) is 4.79 Å². The van der Waals surface area contributed by atoms with Crippen molar-refractivity contribution >= 4 is 27.3 Å².